The van der Waals surface area contributed by atoms with Crippen molar-refractivity contribution in [3.8, 4) is 11.4 Å². The number of aromatic nitrogens is 3. The van der Waals surface area contributed by atoms with Gasteiger partial charge < -0.3 is 4.42 Å². The van der Waals surface area contributed by atoms with Crippen molar-refractivity contribution in [1.29, 1.82) is 0 Å². The van der Waals surface area contributed by atoms with E-state index in [4.69, 9.17) is 16.6 Å². The highest BCUT2D eigenvalue weighted by Gasteiger charge is 2.20. The number of nitrogens with zero attached hydrogens (tertiary/aromatic N) is 2. The topological polar surface area (TPSA) is 46.8 Å². The van der Waals surface area contributed by atoms with Crippen molar-refractivity contribution >= 4 is 12.2 Å². The second-order valence-corrected chi connectivity index (χ2v) is 4.76. The Morgan fingerprint density at radius 1 is 1.47 bits per heavy atom. The van der Waals surface area contributed by atoms with E-state index in [1.807, 2.05) is 10.6 Å². The Morgan fingerprint density at radius 2 is 2.20 bits per heavy atom. The summed E-state index contributed by atoms with van der Waals surface area (Å²) in [5.41, 5.74) is 0.828. The molecule has 5 heteroatoms. The average molecular weight is 223 g/mol. The molecule has 15 heavy (non-hydrogen) atoms. The molecular weight excluding hydrogens is 210 g/mol. The van der Waals surface area contributed by atoms with E-state index in [0.29, 0.717) is 4.77 Å². The lowest BCUT2D eigenvalue weighted by Crippen LogP contribution is -2.22. The molecule has 0 aliphatic rings. The van der Waals surface area contributed by atoms with Crippen LogP contribution >= 0.6 is 12.2 Å². The van der Waals surface area contributed by atoms with Gasteiger partial charge in [-0.2, -0.15) is 5.10 Å². The van der Waals surface area contributed by atoms with Gasteiger partial charge in [0, 0.05) is 5.54 Å². The molecule has 1 N–H and O–H groups in total. The van der Waals surface area contributed by atoms with Gasteiger partial charge in [-0.15, -0.1) is 0 Å². The Balaban J connectivity index is 2.65. The van der Waals surface area contributed by atoms with Crippen LogP contribution in [-0.4, -0.2) is 14.8 Å². The van der Waals surface area contributed by atoms with Crippen LogP contribution < -0.4 is 0 Å². The summed E-state index contributed by atoms with van der Waals surface area (Å²) in [6.07, 6.45) is 3.28. The van der Waals surface area contributed by atoms with Gasteiger partial charge >= 0.3 is 0 Å². The van der Waals surface area contributed by atoms with E-state index in [1.54, 1.807) is 12.5 Å². The monoisotopic (exact) mass is 223 g/mol. The summed E-state index contributed by atoms with van der Waals surface area (Å²) < 4.78 is 7.65. The molecule has 0 atom stereocenters. The highest BCUT2D eigenvalue weighted by Crippen LogP contribution is 2.24. The number of nitrogens with one attached hydrogen (secondary N) is 1. The number of H-pyrrole nitrogens is 1. The molecule has 0 amide bonds. The quantitative estimate of drug-likeness (QED) is 0.756. The maximum atomic E-state index is 5.21. The first-order valence-electron chi connectivity index (χ1n) is 4.70. The molecule has 2 rings (SSSR count). The largest absolute Gasteiger partial charge is 0.472 e. The van der Waals surface area contributed by atoms with E-state index in [0.717, 1.165) is 11.4 Å². The van der Waals surface area contributed by atoms with Gasteiger partial charge in [0.1, 0.15) is 6.26 Å². The van der Waals surface area contributed by atoms with E-state index in [2.05, 4.69) is 31.0 Å². The highest BCUT2D eigenvalue weighted by molar-refractivity contribution is 7.71. The third-order valence-corrected chi connectivity index (χ3v) is 2.40. The number of hydrogen-bond donors (Lipinski definition) is 1. The Kier molecular flexibility index (Phi) is 2.26. The summed E-state index contributed by atoms with van der Waals surface area (Å²) in [4.78, 5) is 0. The Hall–Kier alpha value is -1.36. The lowest BCUT2D eigenvalue weighted by molar-refractivity contribution is 0.395. The third kappa shape index (κ3) is 1.74. The maximum Gasteiger partial charge on any atom is 0.195 e. The number of rotatable bonds is 1. The second-order valence-electron chi connectivity index (χ2n) is 4.37. The fourth-order valence-corrected chi connectivity index (χ4v) is 1.91. The SMILES string of the molecule is CC(C)(C)n1c(-c2ccoc2)n[nH]c1=S. The molecule has 2 aromatic heterocycles. The van der Waals surface area contributed by atoms with Crippen LogP contribution in [-0.2, 0) is 5.54 Å². The van der Waals surface area contributed by atoms with Crippen molar-refractivity contribution in [3.63, 3.8) is 0 Å². The van der Waals surface area contributed by atoms with Gasteiger partial charge in [-0.25, -0.2) is 0 Å². The van der Waals surface area contributed by atoms with Crippen LogP contribution in [0.1, 0.15) is 20.8 Å². The van der Waals surface area contributed by atoms with Crippen molar-refractivity contribution < 1.29 is 4.42 Å². The lowest BCUT2D eigenvalue weighted by Gasteiger charge is -2.21. The van der Waals surface area contributed by atoms with Gasteiger partial charge in [0.25, 0.3) is 0 Å². The van der Waals surface area contributed by atoms with Crippen molar-refractivity contribution in [2.24, 2.45) is 0 Å². The first-order valence-corrected chi connectivity index (χ1v) is 5.11. The van der Waals surface area contributed by atoms with Crippen LogP contribution in [0.25, 0.3) is 11.4 Å². The maximum absolute atomic E-state index is 5.21. The Morgan fingerprint density at radius 3 is 2.73 bits per heavy atom. The minimum atomic E-state index is -0.101. The van der Waals surface area contributed by atoms with E-state index >= 15 is 0 Å². The smallest absolute Gasteiger partial charge is 0.195 e. The highest BCUT2D eigenvalue weighted by atomic mass is 32.1. The molecule has 0 fully saturated rings. The Bertz CT molecular complexity index is 502. The van der Waals surface area contributed by atoms with Crippen molar-refractivity contribution in [3.05, 3.63) is 23.4 Å². The summed E-state index contributed by atoms with van der Waals surface area (Å²) in [5, 5.41) is 7.02. The summed E-state index contributed by atoms with van der Waals surface area (Å²) >= 11 is 5.21. The fraction of sp³-hybridized carbons (Fsp3) is 0.400. The lowest BCUT2D eigenvalue weighted by atomic mass is 10.1. The van der Waals surface area contributed by atoms with Gasteiger partial charge in [0.15, 0.2) is 10.6 Å². The molecule has 0 saturated heterocycles. The second kappa shape index (κ2) is 3.34. The van der Waals surface area contributed by atoms with Crippen LogP contribution in [0.3, 0.4) is 0 Å². The zero-order valence-electron chi connectivity index (χ0n) is 8.94. The predicted octanol–water partition coefficient (Wildman–Crippen LogP) is 2.96. The average Bonchev–Trinajstić information content (AvgIpc) is 2.68. The minimum Gasteiger partial charge on any atom is -0.472 e. The third-order valence-electron chi connectivity index (χ3n) is 2.12. The molecule has 80 valence electrons. The first kappa shape index (κ1) is 10.2. The van der Waals surface area contributed by atoms with Crippen molar-refractivity contribution in [2.45, 2.75) is 26.3 Å². The number of furan rings is 1. The fourth-order valence-electron chi connectivity index (χ4n) is 1.50. The molecule has 0 radical (unpaired) electrons. The summed E-state index contributed by atoms with van der Waals surface area (Å²) in [7, 11) is 0. The standard InChI is InChI=1S/C10H13N3OS/c1-10(2,3)13-8(11-12-9(13)15)7-4-5-14-6-7/h4-6H,1-3H3,(H,12,15). The molecule has 0 saturated carbocycles. The molecule has 0 unspecified atom stereocenters. The van der Waals surface area contributed by atoms with Crippen molar-refractivity contribution in [1.82, 2.24) is 14.8 Å². The molecular formula is C10H13N3OS. The molecule has 0 aliphatic carbocycles. The van der Waals surface area contributed by atoms with Gasteiger partial charge in [-0.1, -0.05) is 0 Å². The predicted molar refractivity (Wildman–Crippen MR) is 60.1 cm³/mol. The van der Waals surface area contributed by atoms with Gasteiger partial charge in [-0.3, -0.25) is 9.67 Å². The summed E-state index contributed by atoms with van der Waals surface area (Å²) in [6.45, 7) is 6.26. The van der Waals surface area contributed by atoms with E-state index in [-0.39, 0.29) is 5.54 Å². The Labute approximate surface area is 92.9 Å². The van der Waals surface area contributed by atoms with Gasteiger partial charge in [-0.05, 0) is 39.1 Å². The minimum absolute atomic E-state index is 0.101. The van der Waals surface area contributed by atoms with Gasteiger partial charge in [0.2, 0.25) is 0 Å². The van der Waals surface area contributed by atoms with Crippen molar-refractivity contribution in [2.75, 3.05) is 0 Å². The molecule has 0 spiro atoms. The molecule has 2 heterocycles. The zero-order valence-corrected chi connectivity index (χ0v) is 9.76. The van der Waals surface area contributed by atoms with Crippen LogP contribution in [0.2, 0.25) is 0 Å². The van der Waals surface area contributed by atoms with E-state index in [9.17, 15) is 0 Å². The number of hydrogen-bond acceptors (Lipinski definition) is 3. The van der Waals surface area contributed by atoms with E-state index < -0.39 is 0 Å². The van der Waals surface area contributed by atoms with Gasteiger partial charge in [0.05, 0.1) is 11.8 Å². The molecule has 0 bridgehead atoms. The molecule has 0 aliphatic heterocycles. The molecule has 2 aromatic rings. The van der Waals surface area contributed by atoms with Crippen LogP contribution in [0.4, 0.5) is 0 Å². The normalized spacial score (nSPS) is 11.9. The van der Waals surface area contributed by atoms with Crippen LogP contribution in [0.15, 0.2) is 23.0 Å². The molecule has 0 aromatic carbocycles. The summed E-state index contributed by atoms with van der Waals surface area (Å²) in [6, 6.07) is 1.87. The first-order chi connectivity index (χ1) is 7.00. The van der Waals surface area contributed by atoms with Crippen LogP contribution in [0.5, 0.6) is 0 Å². The zero-order chi connectivity index (χ0) is 11.1. The van der Waals surface area contributed by atoms with Crippen LogP contribution in [0, 0.1) is 4.77 Å². The number of aromatic amines is 1. The molecule has 4 nitrogen and oxygen atoms in total. The summed E-state index contributed by atoms with van der Waals surface area (Å²) in [5.74, 6) is 0.807. The van der Waals surface area contributed by atoms with E-state index in [1.165, 1.54) is 0 Å².